The second-order valence-corrected chi connectivity index (χ2v) is 10.9. The van der Waals surface area contributed by atoms with Crippen LogP contribution in [0.4, 0.5) is 5.69 Å². The van der Waals surface area contributed by atoms with Crippen LogP contribution in [-0.4, -0.2) is 37.8 Å². The van der Waals surface area contributed by atoms with Crippen molar-refractivity contribution in [3.8, 4) is 5.75 Å². The highest BCUT2D eigenvalue weighted by molar-refractivity contribution is 7.89. The number of anilines is 1. The number of benzene rings is 2. The van der Waals surface area contributed by atoms with Crippen molar-refractivity contribution in [3.05, 3.63) is 53.6 Å². The van der Waals surface area contributed by atoms with Gasteiger partial charge in [-0.3, -0.25) is 4.79 Å². The molecule has 0 radical (unpaired) electrons. The van der Waals surface area contributed by atoms with Crippen molar-refractivity contribution >= 4 is 21.6 Å². The molecule has 0 aromatic heterocycles. The maximum atomic E-state index is 13.3. The van der Waals surface area contributed by atoms with E-state index in [-0.39, 0.29) is 22.8 Å². The fraction of sp³-hybridized carbons (Fsp3) is 0.480. The van der Waals surface area contributed by atoms with Gasteiger partial charge in [0.05, 0.1) is 22.6 Å². The SMILES string of the molecule is CC(C)Oc1ccc(S(=O)(=O)N2CCCCC2)cc1NC(=O)C1CCCc2ccccc21. The standard InChI is InChI=1S/C25H32N2O4S/c1-18(2)31-24-14-13-20(32(29,30)27-15-6-3-7-16-27)17-23(24)26-25(28)22-12-8-10-19-9-4-5-11-21(19)22/h4-5,9,11,13-14,17-18,22H,3,6-8,10,12,15-16H2,1-2H3,(H,26,28). The Bertz CT molecular complexity index is 1080. The quantitative estimate of drug-likeness (QED) is 0.683. The van der Waals surface area contributed by atoms with E-state index in [4.69, 9.17) is 4.74 Å². The largest absolute Gasteiger partial charge is 0.489 e. The number of nitrogens with zero attached hydrogens (tertiary/aromatic N) is 1. The second kappa shape index (κ2) is 9.63. The molecule has 2 aromatic carbocycles. The molecular formula is C25H32N2O4S. The molecule has 4 rings (SSSR count). The first kappa shape index (κ1) is 22.8. The van der Waals surface area contributed by atoms with Crippen molar-refractivity contribution < 1.29 is 17.9 Å². The lowest BCUT2D eigenvalue weighted by molar-refractivity contribution is -0.117. The van der Waals surface area contributed by atoms with Gasteiger partial charge in [-0.25, -0.2) is 8.42 Å². The number of fused-ring (bicyclic) bond motifs is 1. The van der Waals surface area contributed by atoms with E-state index in [2.05, 4.69) is 11.4 Å². The van der Waals surface area contributed by atoms with E-state index in [1.165, 1.54) is 9.87 Å². The number of rotatable bonds is 6. The first-order chi connectivity index (χ1) is 15.4. The van der Waals surface area contributed by atoms with Gasteiger partial charge in [0.1, 0.15) is 5.75 Å². The van der Waals surface area contributed by atoms with Crippen molar-refractivity contribution in [3.63, 3.8) is 0 Å². The minimum absolute atomic E-state index is 0.106. The Morgan fingerprint density at radius 2 is 1.81 bits per heavy atom. The van der Waals surface area contributed by atoms with E-state index in [1.54, 1.807) is 18.2 Å². The van der Waals surface area contributed by atoms with Crippen LogP contribution < -0.4 is 10.1 Å². The Morgan fingerprint density at radius 1 is 1.06 bits per heavy atom. The Kier molecular flexibility index (Phi) is 6.86. The highest BCUT2D eigenvalue weighted by Crippen LogP contribution is 2.35. The van der Waals surface area contributed by atoms with E-state index in [1.807, 2.05) is 32.0 Å². The van der Waals surface area contributed by atoms with Gasteiger partial charge in [-0.1, -0.05) is 30.7 Å². The summed E-state index contributed by atoms with van der Waals surface area (Å²) in [6.07, 6.45) is 5.40. The summed E-state index contributed by atoms with van der Waals surface area (Å²) >= 11 is 0. The summed E-state index contributed by atoms with van der Waals surface area (Å²) in [5.74, 6) is 0.0996. The predicted molar refractivity (Wildman–Crippen MR) is 126 cm³/mol. The summed E-state index contributed by atoms with van der Waals surface area (Å²) in [4.78, 5) is 13.5. The zero-order valence-corrected chi connectivity index (χ0v) is 19.7. The van der Waals surface area contributed by atoms with Gasteiger partial charge in [-0.05, 0) is 75.3 Å². The van der Waals surface area contributed by atoms with E-state index in [0.29, 0.717) is 24.5 Å². The molecular weight excluding hydrogens is 424 g/mol. The van der Waals surface area contributed by atoms with Crippen molar-refractivity contribution in [1.82, 2.24) is 4.31 Å². The molecule has 7 heteroatoms. The Labute approximate surface area is 191 Å². The highest BCUT2D eigenvalue weighted by atomic mass is 32.2. The van der Waals surface area contributed by atoms with Crippen LogP contribution in [0.15, 0.2) is 47.4 Å². The summed E-state index contributed by atoms with van der Waals surface area (Å²) in [5, 5.41) is 3.00. The van der Waals surface area contributed by atoms with Gasteiger partial charge in [0.2, 0.25) is 15.9 Å². The number of hydrogen-bond donors (Lipinski definition) is 1. The fourth-order valence-electron chi connectivity index (χ4n) is 4.62. The first-order valence-corrected chi connectivity index (χ1v) is 13.0. The number of nitrogens with one attached hydrogen (secondary N) is 1. The van der Waals surface area contributed by atoms with Crippen molar-refractivity contribution in [1.29, 1.82) is 0 Å². The molecule has 1 atom stereocenters. The summed E-state index contributed by atoms with van der Waals surface area (Å²) in [5.41, 5.74) is 2.67. The number of carbonyl (C=O) groups excluding carboxylic acids is 1. The third-order valence-corrected chi connectivity index (χ3v) is 8.10. The minimum Gasteiger partial charge on any atom is -0.489 e. The lowest BCUT2D eigenvalue weighted by Crippen LogP contribution is -2.35. The van der Waals surface area contributed by atoms with Gasteiger partial charge in [0, 0.05) is 13.1 Å². The molecule has 172 valence electrons. The molecule has 1 heterocycles. The minimum atomic E-state index is -3.61. The normalized spacial score (nSPS) is 19.4. The maximum absolute atomic E-state index is 13.3. The summed E-state index contributed by atoms with van der Waals surface area (Å²) in [6, 6.07) is 12.8. The number of hydrogen-bond acceptors (Lipinski definition) is 4. The number of aryl methyl sites for hydroxylation is 1. The van der Waals surface area contributed by atoms with Crippen LogP contribution in [0.3, 0.4) is 0 Å². The van der Waals surface area contributed by atoms with Gasteiger partial charge >= 0.3 is 0 Å². The molecule has 0 bridgehead atoms. The zero-order valence-electron chi connectivity index (χ0n) is 18.8. The number of ether oxygens (including phenoxy) is 1. The third-order valence-electron chi connectivity index (χ3n) is 6.21. The van der Waals surface area contributed by atoms with Crippen LogP contribution in [-0.2, 0) is 21.2 Å². The summed E-state index contributed by atoms with van der Waals surface area (Å²) in [7, 11) is -3.61. The van der Waals surface area contributed by atoms with Crippen LogP contribution in [0, 0.1) is 0 Å². The molecule has 1 aliphatic heterocycles. The molecule has 2 aromatic rings. The number of piperidine rings is 1. The average Bonchev–Trinajstić information content (AvgIpc) is 2.80. The van der Waals surface area contributed by atoms with Crippen LogP contribution in [0.5, 0.6) is 5.75 Å². The second-order valence-electron chi connectivity index (χ2n) is 8.92. The van der Waals surface area contributed by atoms with E-state index in [0.717, 1.165) is 44.1 Å². The summed E-state index contributed by atoms with van der Waals surface area (Å²) < 4.78 is 33.8. The predicted octanol–water partition coefficient (Wildman–Crippen LogP) is 4.71. The van der Waals surface area contributed by atoms with Crippen molar-refractivity contribution in [2.24, 2.45) is 0 Å². The third kappa shape index (κ3) is 4.84. The van der Waals surface area contributed by atoms with Crippen LogP contribution in [0.25, 0.3) is 0 Å². The molecule has 32 heavy (non-hydrogen) atoms. The molecule has 1 amide bonds. The smallest absolute Gasteiger partial charge is 0.243 e. The molecule has 1 fully saturated rings. The lowest BCUT2D eigenvalue weighted by Gasteiger charge is -2.27. The molecule has 1 aliphatic carbocycles. The lowest BCUT2D eigenvalue weighted by atomic mass is 9.82. The van der Waals surface area contributed by atoms with Gasteiger partial charge < -0.3 is 10.1 Å². The van der Waals surface area contributed by atoms with Gasteiger partial charge in [0.25, 0.3) is 0 Å². The number of carbonyl (C=O) groups is 1. The molecule has 0 saturated carbocycles. The Balaban J connectivity index is 1.64. The Hall–Kier alpha value is -2.38. The molecule has 6 nitrogen and oxygen atoms in total. The fourth-order valence-corrected chi connectivity index (χ4v) is 6.17. The zero-order chi connectivity index (χ0) is 22.7. The van der Waals surface area contributed by atoms with Crippen LogP contribution >= 0.6 is 0 Å². The summed E-state index contributed by atoms with van der Waals surface area (Å²) in [6.45, 7) is 4.88. The highest BCUT2D eigenvalue weighted by Gasteiger charge is 2.29. The van der Waals surface area contributed by atoms with Gasteiger partial charge in [-0.2, -0.15) is 4.31 Å². The molecule has 2 aliphatic rings. The molecule has 1 unspecified atom stereocenters. The number of amides is 1. The van der Waals surface area contributed by atoms with E-state index in [9.17, 15) is 13.2 Å². The van der Waals surface area contributed by atoms with Crippen molar-refractivity contribution in [2.75, 3.05) is 18.4 Å². The average molecular weight is 457 g/mol. The van der Waals surface area contributed by atoms with Gasteiger partial charge in [-0.15, -0.1) is 0 Å². The van der Waals surface area contributed by atoms with Crippen LogP contribution in [0.1, 0.15) is 63.0 Å². The monoisotopic (exact) mass is 456 g/mol. The van der Waals surface area contributed by atoms with E-state index < -0.39 is 10.0 Å². The molecule has 1 N–H and O–H groups in total. The number of sulfonamides is 1. The van der Waals surface area contributed by atoms with Crippen LogP contribution in [0.2, 0.25) is 0 Å². The van der Waals surface area contributed by atoms with Crippen molar-refractivity contribution in [2.45, 2.75) is 69.3 Å². The maximum Gasteiger partial charge on any atom is 0.243 e. The molecule has 1 saturated heterocycles. The molecule has 0 spiro atoms. The van der Waals surface area contributed by atoms with Gasteiger partial charge in [0.15, 0.2) is 0 Å². The Morgan fingerprint density at radius 3 is 2.56 bits per heavy atom. The van der Waals surface area contributed by atoms with E-state index >= 15 is 0 Å². The first-order valence-electron chi connectivity index (χ1n) is 11.6. The topological polar surface area (TPSA) is 75.7 Å².